The molecule has 6 aromatic rings. The maximum Gasteiger partial charge on any atom is 0.303 e. The van der Waals surface area contributed by atoms with Gasteiger partial charge in [-0.3, -0.25) is 9.59 Å². The number of hydrogen-bond acceptors (Lipinski definition) is 8. The van der Waals surface area contributed by atoms with Crippen LogP contribution in [0, 0.1) is 13.8 Å². The van der Waals surface area contributed by atoms with Crippen molar-refractivity contribution in [3.8, 4) is 21.1 Å². The second-order valence-corrected chi connectivity index (χ2v) is 11.9. The number of carbonyl (C=O) groups is 2. The minimum atomic E-state index is -0.948. The highest BCUT2D eigenvalue weighted by Gasteiger charge is 2.07. The van der Waals surface area contributed by atoms with Crippen molar-refractivity contribution in [2.24, 2.45) is 0 Å². The Hall–Kier alpha value is -4.80. The van der Waals surface area contributed by atoms with Crippen molar-refractivity contribution in [3.63, 3.8) is 0 Å². The molecule has 6 N–H and O–H groups in total. The molecule has 0 aliphatic heterocycles. The smallest absolute Gasteiger partial charge is 0.303 e. The molecular formula is C33H32N4O4S2. The topological polar surface area (TPSA) is 152 Å². The summed E-state index contributed by atoms with van der Waals surface area (Å²) in [5.74, 6) is -1.90. The monoisotopic (exact) mass is 612 g/mol. The van der Waals surface area contributed by atoms with Crippen molar-refractivity contribution in [1.29, 1.82) is 0 Å². The molecular weight excluding hydrogens is 581 g/mol. The number of fused-ring (bicyclic) bond motifs is 2. The summed E-state index contributed by atoms with van der Waals surface area (Å²) in [6.45, 7) is 4.20. The van der Waals surface area contributed by atoms with Crippen LogP contribution in [0.4, 0.5) is 11.4 Å². The van der Waals surface area contributed by atoms with Crippen LogP contribution in [0.2, 0.25) is 0 Å². The zero-order valence-corrected chi connectivity index (χ0v) is 25.4. The lowest BCUT2D eigenvalue weighted by molar-refractivity contribution is -0.138. The molecule has 10 heteroatoms. The van der Waals surface area contributed by atoms with E-state index in [1.165, 1.54) is 20.5 Å². The Morgan fingerprint density at radius 2 is 1.00 bits per heavy atom. The summed E-state index contributed by atoms with van der Waals surface area (Å²) >= 11 is 3.44. The summed E-state index contributed by atoms with van der Waals surface area (Å²) in [6.07, 6.45) is 0.0866. The normalized spacial score (nSPS) is 10.5. The minimum Gasteiger partial charge on any atom is -0.481 e. The van der Waals surface area contributed by atoms with Gasteiger partial charge in [0, 0.05) is 35.3 Å². The predicted molar refractivity (Wildman–Crippen MR) is 178 cm³/mol. The van der Waals surface area contributed by atoms with Crippen molar-refractivity contribution in [3.05, 3.63) is 96.1 Å². The highest BCUT2D eigenvalue weighted by molar-refractivity contribution is 7.22. The second kappa shape index (κ2) is 14.4. The molecule has 0 saturated heterocycles. The summed E-state index contributed by atoms with van der Waals surface area (Å²) in [6, 6.07) is 28.4. The Labute approximate surface area is 257 Å². The van der Waals surface area contributed by atoms with Crippen LogP contribution in [0.25, 0.3) is 41.6 Å². The van der Waals surface area contributed by atoms with Crippen molar-refractivity contribution in [1.82, 2.24) is 9.97 Å². The molecule has 0 aliphatic carbocycles. The van der Waals surface area contributed by atoms with Crippen molar-refractivity contribution in [2.75, 3.05) is 11.5 Å². The number of aromatic nitrogens is 2. The van der Waals surface area contributed by atoms with Crippen LogP contribution in [0.15, 0.2) is 84.9 Å². The summed E-state index contributed by atoms with van der Waals surface area (Å²) in [5.41, 5.74) is 19.8. The summed E-state index contributed by atoms with van der Waals surface area (Å²) in [5, 5.41) is 18.2. The Balaban J connectivity index is 0.000000156. The number of thiazole rings is 2. The quantitative estimate of drug-likeness (QED) is 0.138. The zero-order valence-electron chi connectivity index (χ0n) is 23.8. The molecule has 4 aromatic carbocycles. The molecule has 2 aromatic heterocycles. The number of aliphatic carboxylic acids is 2. The van der Waals surface area contributed by atoms with Gasteiger partial charge in [0.25, 0.3) is 0 Å². The molecule has 0 radical (unpaired) electrons. The van der Waals surface area contributed by atoms with Crippen molar-refractivity contribution < 1.29 is 19.8 Å². The molecule has 8 nitrogen and oxygen atoms in total. The van der Waals surface area contributed by atoms with Gasteiger partial charge in [-0.15, -0.1) is 22.7 Å². The van der Waals surface area contributed by atoms with Crippen LogP contribution in [0.3, 0.4) is 0 Å². The third-order valence-electron chi connectivity index (χ3n) is 6.18. The molecule has 0 aliphatic rings. The maximum absolute atomic E-state index is 9.79. The van der Waals surface area contributed by atoms with Crippen LogP contribution in [0.5, 0.6) is 0 Å². The van der Waals surface area contributed by atoms with Gasteiger partial charge in [-0.25, -0.2) is 9.97 Å². The van der Waals surface area contributed by atoms with E-state index in [0.717, 1.165) is 43.6 Å². The van der Waals surface area contributed by atoms with E-state index in [0.29, 0.717) is 0 Å². The fourth-order valence-corrected chi connectivity index (χ4v) is 6.09. The summed E-state index contributed by atoms with van der Waals surface area (Å²) < 4.78 is 2.47. The number of rotatable bonds is 6. The number of benzene rings is 4. The van der Waals surface area contributed by atoms with Gasteiger partial charge in [-0.2, -0.15) is 0 Å². The Morgan fingerprint density at radius 3 is 1.35 bits per heavy atom. The fourth-order valence-electron chi connectivity index (χ4n) is 3.95. The first-order valence-electron chi connectivity index (χ1n) is 13.5. The van der Waals surface area contributed by atoms with Crippen molar-refractivity contribution >= 4 is 66.4 Å². The van der Waals surface area contributed by atoms with Gasteiger partial charge in [0.2, 0.25) is 0 Å². The van der Waals surface area contributed by atoms with Gasteiger partial charge in [-0.05, 0) is 104 Å². The lowest BCUT2D eigenvalue weighted by Gasteiger charge is -1.95. The van der Waals surface area contributed by atoms with E-state index < -0.39 is 11.9 Å². The van der Waals surface area contributed by atoms with Gasteiger partial charge in [0.05, 0.1) is 20.4 Å². The van der Waals surface area contributed by atoms with E-state index in [-0.39, 0.29) is 19.3 Å². The molecule has 0 fully saturated rings. The lowest BCUT2D eigenvalue weighted by Crippen LogP contribution is -1.98. The molecule has 0 atom stereocenters. The van der Waals surface area contributed by atoms with E-state index in [4.69, 9.17) is 21.7 Å². The second-order valence-electron chi connectivity index (χ2n) is 9.87. The number of hydrogen-bond donors (Lipinski definition) is 4. The van der Waals surface area contributed by atoms with E-state index in [1.54, 1.807) is 22.7 Å². The summed E-state index contributed by atoms with van der Waals surface area (Å²) in [7, 11) is 0. The molecule has 0 saturated carbocycles. The number of nitrogens with two attached hydrogens (primary N) is 2. The van der Waals surface area contributed by atoms with E-state index in [2.05, 4.69) is 60.2 Å². The average Bonchev–Trinajstić information content (AvgIpc) is 3.58. The zero-order chi connectivity index (χ0) is 30.9. The third-order valence-corrected chi connectivity index (χ3v) is 8.32. The molecule has 0 unspecified atom stereocenters. The Bertz CT molecular complexity index is 1710. The van der Waals surface area contributed by atoms with Crippen LogP contribution >= 0.6 is 22.7 Å². The molecule has 43 heavy (non-hydrogen) atoms. The maximum atomic E-state index is 9.79. The van der Waals surface area contributed by atoms with Crippen LogP contribution in [-0.2, 0) is 9.59 Å². The van der Waals surface area contributed by atoms with E-state index in [9.17, 15) is 9.59 Å². The van der Waals surface area contributed by atoms with Gasteiger partial charge in [0.1, 0.15) is 10.0 Å². The predicted octanol–water partition coefficient (Wildman–Crippen LogP) is 8.03. The fraction of sp³-hybridized carbons (Fsp3) is 0.152. The van der Waals surface area contributed by atoms with E-state index >= 15 is 0 Å². The molecule has 0 amide bonds. The third kappa shape index (κ3) is 9.09. The largest absolute Gasteiger partial charge is 0.481 e. The van der Waals surface area contributed by atoms with Crippen LogP contribution in [0.1, 0.15) is 30.4 Å². The summed E-state index contributed by atoms with van der Waals surface area (Å²) in [4.78, 5) is 28.8. The molecule has 2 heterocycles. The van der Waals surface area contributed by atoms with Gasteiger partial charge in [0.15, 0.2) is 0 Å². The van der Waals surface area contributed by atoms with Crippen LogP contribution in [-0.4, -0.2) is 32.1 Å². The first-order chi connectivity index (χ1) is 20.6. The van der Waals surface area contributed by atoms with Gasteiger partial charge < -0.3 is 21.7 Å². The Morgan fingerprint density at radius 1 is 0.628 bits per heavy atom. The standard InChI is InChI=1S/2C14H12N2S.C5H8O4/c2*1-9-2-7-12-13(8-9)17-14(16-12)10-3-5-11(15)6-4-10;6-4(7)2-1-3-5(8)9/h2*2-8H,15H2,1H3;1-3H2,(H,6,7)(H,8,9). The lowest BCUT2D eigenvalue weighted by atomic mass is 10.2. The van der Waals surface area contributed by atoms with Gasteiger partial charge in [-0.1, -0.05) is 12.1 Å². The highest BCUT2D eigenvalue weighted by atomic mass is 32.1. The number of carboxylic acid groups (broad SMARTS) is 2. The molecule has 220 valence electrons. The molecule has 0 bridgehead atoms. The van der Waals surface area contributed by atoms with Crippen molar-refractivity contribution in [2.45, 2.75) is 33.1 Å². The minimum absolute atomic E-state index is 0.0632. The number of nitrogen functional groups attached to an aromatic ring is 2. The molecule has 0 spiro atoms. The van der Waals surface area contributed by atoms with Gasteiger partial charge >= 0.3 is 11.9 Å². The number of aryl methyl sites for hydroxylation is 2. The Kier molecular flexibility index (Phi) is 10.4. The number of nitrogens with zero attached hydrogens (tertiary/aromatic N) is 2. The average molecular weight is 613 g/mol. The highest BCUT2D eigenvalue weighted by Crippen LogP contribution is 2.32. The first kappa shape index (κ1) is 31.1. The number of anilines is 2. The molecule has 6 rings (SSSR count). The SMILES string of the molecule is Cc1ccc2nc(-c3ccc(N)cc3)sc2c1.Cc1ccc2nc(-c3ccc(N)cc3)sc2c1.O=C(O)CCCC(=O)O. The number of carboxylic acids is 2. The van der Waals surface area contributed by atoms with E-state index in [1.807, 2.05) is 48.5 Å². The first-order valence-corrected chi connectivity index (χ1v) is 15.1. The van der Waals surface area contributed by atoms with Crippen LogP contribution < -0.4 is 11.5 Å².